The van der Waals surface area contributed by atoms with E-state index in [9.17, 15) is 4.79 Å². The molecule has 0 unspecified atom stereocenters. The van der Waals surface area contributed by atoms with E-state index < -0.39 is 0 Å². The lowest BCUT2D eigenvalue weighted by Gasteiger charge is -2.11. The third-order valence-corrected chi connectivity index (χ3v) is 2.91. The summed E-state index contributed by atoms with van der Waals surface area (Å²) in [5, 5.41) is 0. The average molecular weight is 241 g/mol. The molecule has 3 nitrogen and oxygen atoms in total. The highest BCUT2D eigenvalue weighted by Gasteiger charge is 2.11. The second-order valence-electron chi connectivity index (χ2n) is 3.94. The molecular weight excluding hydrogens is 226 g/mol. The monoisotopic (exact) mass is 241 g/mol. The van der Waals surface area contributed by atoms with Gasteiger partial charge in [0, 0.05) is 17.3 Å². The Morgan fingerprint density at radius 1 is 1.28 bits per heavy atom. The Bertz CT molecular complexity index is 564. The van der Waals surface area contributed by atoms with Gasteiger partial charge in [-0.3, -0.25) is 9.78 Å². The Kier molecular flexibility index (Phi) is 3.72. The van der Waals surface area contributed by atoms with Gasteiger partial charge in [0.15, 0.2) is 6.29 Å². The number of aldehydes is 1. The van der Waals surface area contributed by atoms with E-state index in [4.69, 9.17) is 4.74 Å². The molecule has 0 atom stereocenters. The zero-order valence-electron chi connectivity index (χ0n) is 10.5. The molecule has 0 saturated heterocycles. The predicted octanol–water partition coefficient (Wildman–Crippen LogP) is 3.13. The van der Waals surface area contributed by atoms with Crippen molar-refractivity contribution >= 4 is 6.29 Å². The number of aromatic nitrogens is 1. The molecule has 0 aliphatic rings. The molecular formula is C15H15NO2. The van der Waals surface area contributed by atoms with E-state index in [2.05, 4.69) is 11.9 Å². The maximum Gasteiger partial charge on any atom is 0.169 e. The number of carbonyl (C=O) groups excluding carboxylic acids is 1. The summed E-state index contributed by atoms with van der Waals surface area (Å²) in [6.07, 6.45) is 3.32. The first kappa shape index (κ1) is 12.3. The number of pyridine rings is 1. The number of ether oxygens (including phenoxy) is 1. The summed E-state index contributed by atoms with van der Waals surface area (Å²) >= 11 is 0. The van der Waals surface area contributed by atoms with Crippen LogP contribution in [0.4, 0.5) is 0 Å². The van der Waals surface area contributed by atoms with Crippen molar-refractivity contribution in [2.24, 2.45) is 0 Å². The molecule has 0 saturated carbocycles. The molecule has 0 aliphatic carbocycles. The van der Waals surface area contributed by atoms with Crippen molar-refractivity contribution in [3.05, 3.63) is 47.8 Å². The SMILES string of the molecule is CCc1ccc(OC)c(-c2cccnc2C=O)c1. The highest BCUT2D eigenvalue weighted by molar-refractivity contribution is 5.87. The van der Waals surface area contributed by atoms with E-state index in [1.807, 2.05) is 30.3 Å². The predicted molar refractivity (Wildman–Crippen MR) is 71.0 cm³/mol. The minimum Gasteiger partial charge on any atom is -0.496 e. The molecule has 0 bridgehead atoms. The molecule has 18 heavy (non-hydrogen) atoms. The molecule has 0 radical (unpaired) electrons. The van der Waals surface area contributed by atoms with E-state index in [0.29, 0.717) is 5.69 Å². The Morgan fingerprint density at radius 3 is 2.78 bits per heavy atom. The Morgan fingerprint density at radius 2 is 2.11 bits per heavy atom. The largest absolute Gasteiger partial charge is 0.496 e. The number of rotatable bonds is 4. The van der Waals surface area contributed by atoms with Crippen molar-refractivity contribution in [3.63, 3.8) is 0 Å². The molecule has 2 aromatic rings. The summed E-state index contributed by atoms with van der Waals surface area (Å²) < 4.78 is 5.36. The number of hydrogen-bond acceptors (Lipinski definition) is 3. The fraction of sp³-hybridized carbons (Fsp3) is 0.200. The average Bonchev–Trinajstić information content (AvgIpc) is 2.46. The number of carbonyl (C=O) groups is 1. The van der Waals surface area contributed by atoms with Crippen LogP contribution in [0.1, 0.15) is 23.0 Å². The van der Waals surface area contributed by atoms with E-state index in [-0.39, 0.29) is 0 Å². The lowest BCUT2D eigenvalue weighted by atomic mass is 10.00. The van der Waals surface area contributed by atoms with Crippen LogP contribution in [0.5, 0.6) is 5.75 Å². The van der Waals surface area contributed by atoms with Crippen LogP contribution >= 0.6 is 0 Å². The summed E-state index contributed by atoms with van der Waals surface area (Å²) in [6, 6.07) is 9.70. The zero-order chi connectivity index (χ0) is 13.0. The van der Waals surface area contributed by atoms with Gasteiger partial charge in [-0.05, 0) is 30.2 Å². The lowest BCUT2D eigenvalue weighted by Crippen LogP contribution is -1.95. The van der Waals surface area contributed by atoms with Crippen LogP contribution in [-0.2, 0) is 6.42 Å². The first-order valence-electron chi connectivity index (χ1n) is 5.87. The van der Waals surface area contributed by atoms with Gasteiger partial charge in [-0.15, -0.1) is 0 Å². The summed E-state index contributed by atoms with van der Waals surface area (Å²) in [7, 11) is 1.63. The normalized spacial score (nSPS) is 10.1. The van der Waals surface area contributed by atoms with Crippen LogP contribution in [0.2, 0.25) is 0 Å². The van der Waals surface area contributed by atoms with Gasteiger partial charge in [0.1, 0.15) is 11.4 Å². The Hall–Kier alpha value is -2.16. The number of nitrogens with zero attached hydrogens (tertiary/aromatic N) is 1. The molecule has 0 amide bonds. The first-order chi connectivity index (χ1) is 8.80. The van der Waals surface area contributed by atoms with Gasteiger partial charge < -0.3 is 4.74 Å². The smallest absolute Gasteiger partial charge is 0.169 e. The summed E-state index contributed by atoms with van der Waals surface area (Å²) in [5.41, 5.74) is 3.35. The maximum atomic E-state index is 11.1. The van der Waals surface area contributed by atoms with Crippen LogP contribution in [-0.4, -0.2) is 18.4 Å². The van der Waals surface area contributed by atoms with Gasteiger partial charge in [0.25, 0.3) is 0 Å². The van der Waals surface area contributed by atoms with E-state index in [1.54, 1.807) is 13.3 Å². The van der Waals surface area contributed by atoms with Crippen molar-refractivity contribution in [2.45, 2.75) is 13.3 Å². The minimum atomic E-state index is 0.434. The lowest BCUT2D eigenvalue weighted by molar-refractivity contribution is 0.111. The van der Waals surface area contributed by atoms with Gasteiger partial charge in [-0.1, -0.05) is 19.1 Å². The Labute approximate surface area is 106 Å². The van der Waals surface area contributed by atoms with Gasteiger partial charge >= 0.3 is 0 Å². The third-order valence-electron chi connectivity index (χ3n) is 2.91. The number of aryl methyl sites for hydroxylation is 1. The van der Waals surface area contributed by atoms with Crippen LogP contribution in [0, 0.1) is 0 Å². The number of hydrogen-bond donors (Lipinski definition) is 0. The van der Waals surface area contributed by atoms with Gasteiger partial charge in [-0.25, -0.2) is 0 Å². The molecule has 92 valence electrons. The van der Waals surface area contributed by atoms with Crippen molar-refractivity contribution in [1.82, 2.24) is 4.98 Å². The van der Waals surface area contributed by atoms with Gasteiger partial charge in [0.2, 0.25) is 0 Å². The second-order valence-corrected chi connectivity index (χ2v) is 3.94. The summed E-state index contributed by atoms with van der Waals surface area (Å²) in [4.78, 5) is 15.1. The van der Waals surface area contributed by atoms with Gasteiger partial charge in [-0.2, -0.15) is 0 Å². The molecule has 0 fully saturated rings. The Balaban J connectivity index is 2.64. The van der Waals surface area contributed by atoms with E-state index >= 15 is 0 Å². The molecule has 2 rings (SSSR count). The molecule has 3 heteroatoms. The molecule has 0 aliphatic heterocycles. The highest BCUT2D eigenvalue weighted by atomic mass is 16.5. The number of benzene rings is 1. The van der Waals surface area contributed by atoms with Gasteiger partial charge in [0.05, 0.1) is 7.11 Å². The maximum absolute atomic E-state index is 11.1. The fourth-order valence-corrected chi connectivity index (χ4v) is 1.92. The molecule has 1 aromatic carbocycles. The van der Waals surface area contributed by atoms with Crippen LogP contribution < -0.4 is 4.74 Å². The molecule has 1 heterocycles. The summed E-state index contributed by atoms with van der Waals surface area (Å²) in [5.74, 6) is 0.753. The topological polar surface area (TPSA) is 39.2 Å². The quantitative estimate of drug-likeness (QED) is 0.772. The van der Waals surface area contributed by atoms with Crippen LogP contribution in [0.3, 0.4) is 0 Å². The molecule has 0 spiro atoms. The van der Waals surface area contributed by atoms with Crippen molar-refractivity contribution in [3.8, 4) is 16.9 Å². The van der Waals surface area contributed by atoms with E-state index in [0.717, 1.165) is 29.6 Å². The first-order valence-corrected chi connectivity index (χ1v) is 5.87. The fourth-order valence-electron chi connectivity index (χ4n) is 1.92. The number of methoxy groups -OCH3 is 1. The zero-order valence-corrected chi connectivity index (χ0v) is 10.5. The van der Waals surface area contributed by atoms with Crippen LogP contribution in [0.25, 0.3) is 11.1 Å². The van der Waals surface area contributed by atoms with Crippen molar-refractivity contribution in [1.29, 1.82) is 0 Å². The highest BCUT2D eigenvalue weighted by Crippen LogP contribution is 2.32. The van der Waals surface area contributed by atoms with E-state index in [1.165, 1.54) is 5.56 Å². The van der Waals surface area contributed by atoms with Crippen LogP contribution in [0.15, 0.2) is 36.5 Å². The summed E-state index contributed by atoms with van der Waals surface area (Å²) in [6.45, 7) is 2.09. The second kappa shape index (κ2) is 5.45. The molecule has 0 N–H and O–H groups in total. The molecule has 1 aromatic heterocycles. The minimum absolute atomic E-state index is 0.434. The van der Waals surface area contributed by atoms with Crippen molar-refractivity contribution in [2.75, 3.05) is 7.11 Å². The van der Waals surface area contributed by atoms with Crippen molar-refractivity contribution < 1.29 is 9.53 Å². The third kappa shape index (κ3) is 2.25. The standard InChI is InChI=1S/C15H15NO2/c1-3-11-6-7-15(18-2)13(9-11)12-5-4-8-16-14(12)10-17/h4-10H,3H2,1-2H3.